The Morgan fingerprint density at radius 3 is 2.90 bits per heavy atom. The Labute approximate surface area is 133 Å². The van der Waals surface area contributed by atoms with E-state index in [1.165, 1.54) is 0 Å². The van der Waals surface area contributed by atoms with Gasteiger partial charge in [0.25, 0.3) is 5.91 Å². The first kappa shape index (κ1) is 17.8. The third kappa shape index (κ3) is 5.56. The summed E-state index contributed by atoms with van der Waals surface area (Å²) in [5.74, 6) is 0.777. The Kier molecular flexibility index (Phi) is 7.54. The van der Waals surface area contributed by atoms with Gasteiger partial charge in [-0.05, 0) is 44.4 Å². The molecule has 0 radical (unpaired) electrons. The van der Waals surface area contributed by atoms with Crippen LogP contribution in [0.3, 0.4) is 0 Å². The monoisotopic (exact) mass is 312 g/mol. The van der Waals surface area contributed by atoms with E-state index in [-0.39, 0.29) is 31.0 Å². The topological polar surface area (TPSA) is 50.4 Å². The molecule has 1 fully saturated rings. The number of benzene rings is 1. The van der Waals surface area contributed by atoms with Gasteiger partial charge in [-0.3, -0.25) is 4.79 Å². The molecular weight excluding hydrogens is 288 g/mol. The van der Waals surface area contributed by atoms with E-state index >= 15 is 0 Å². The predicted octanol–water partition coefficient (Wildman–Crippen LogP) is 2.31. The standard InChI is InChI=1S/C16H24N2O2.ClH/c1-3-13-6-4-5-7-15(13)20-11-16(19)18-14-8-9-17-12(2)10-14;/h4-7,12,14,17H,3,8-11H2,1-2H3,(H,18,19);1H. The van der Waals surface area contributed by atoms with Crippen molar-refractivity contribution in [3.63, 3.8) is 0 Å². The minimum absolute atomic E-state index is 0. The van der Waals surface area contributed by atoms with Gasteiger partial charge in [0.1, 0.15) is 5.75 Å². The summed E-state index contributed by atoms with van der Waals surface area (Å²) in [6.45, 7) is 5.28. The zero-order valence-corrected chi connectivity index (χ0v) is 13.5. The van der Waals surface area contributed by atoms with E-state index < -0.39 is 0 Å². The van der Waals surface area contributed by atoms with E-state index in [9.17, 15) is 4.79 Å². The van der Waals surface area contributed by atoms with Crippen LogP contribution in [0.25, 0.3) is 0 Å². The molecule has 0 saturated carbocycles. The van der Waals surface area contributed by atoms with Gasteiger partial charge >= 0.3 is 0 Å². The maximum absolute atomic E-state index is 11.9. The average molecular weight is 313 g/mol. The number of aryl methyl sites for hydroxylation is 1. The molecular formula is C16H25ClN2O2. The van der Waals surface area contributed by atoms with Gasteiger partial charge in [0, 0.05) is 12.1 Å². The molecule has 1 amide bonds. The normalized spacial score (nSPS) is 21.2. The molecule has 1 aromatic rings. The van der Waals surface area contributed by atoms with Crippen LogP contribution in [0.2, 0.25) is 0 Å². The van der Waals surface area contributed by atoms with Crippen LogP contribution in [-0.4, -0.2) is 31.1 Å². The van der Waals surface area contributed by atoms with Crippen molar-refractivity contribution in [1.82, 2.24) is 10.6 Å². The Morgan fingerprint density at radius 2 is 2.19 bits per heavy atom. The van der Waals surface area contributed by atoms with Crippen LogP contribution >= 0.6 is 12.4 Å². The molecule has 4 nitrogen and oxygen atoms in total. The third-order valence-electron chi connectivity index (χ3n) is 3.70. The molecule has 2 N–H and O–H groups in total. The highest BCUT2D eigenvalue weighted by molar-refractivity contribution is 5.85. The molecule has 2 unspecified atom stereocenters. The number of ether oxygens (including phenoxy) is 1. The summed E-state index contributed by atoms with van der Waals surface area (Å²) < 4.78 is 5.63. The highest BCUT2D eigenvalue weighted by Gasteiger charge is 2.20. The molecule has 0 aromatic heterocycles. The smallest absolute Gasteiger partial charge is 0.258 e. The third-order valence-corrected chi connectivity index (χ3v) is 3.70. The molecule has 1 heterocycles. The number of para-hydroxylation sites is 1. The lowest BCUT2D eigenvalue weighted by Gasteiger charge is -2.28. The average Bonchev–Trinajstić information content (AvgIpc) is 2.45. The summed E-state index contributed by atoms with van der Waals surface area (Å²) in [6.07, 6.45) is 2.88. The van der Waals surface area contributed by atoms with E-state index in [1.54, 1.807) is 0 Å². The lowest BCUT2D eigenvalue weighted by atomic mass is 10.0. The SMILES string of the molecule is CCc1ccccc1OCC(=O)NC1CCNC(C)C1.Cl. The molecule has 21 heavy (non-hydrogen) atoms. The summed E-state index contributed by atoms with van der Waals surface area (Å²) in [5.41, 5.74) is 1.13. The molecule has 118 valence electrons. The molecule has 1 aromatic carbocycles. The first-order valence-corrected chi connectivity index (χ1v) is 7.42. The number of rotatable bonds is 5. The maximum Gasteiger partial charge on any atom is 0.258 e. The maximum atomic E-state index is 11.9. The van der Waals surface area contributed by atoms with Crippen LogP contribution in [0.15, 0.2) is 24.3 Å². The summed E-state index contributed by atoms with van der Waals surface area (Å²) in [7, 11) is 0. The Hall–Kier alpha value is -1.26. The fourth-order valence-corrected chi connectivity index (χ4v) is 2.61. The second-order valence-electron chi connectivity index (χ2n) is 5.39. The quantitative estimate of drug-likeness (QED) is 0.877. The van der Waals surface area contributed by atoms with Gasteiger partial charge in [-0.15, -0.1) is 12.4 Å². The second-order valence-corrected chi connectivity index (χ2v) is 5.39. The number of hydrogen-bond donors (Lipinski definition) is 2. The van der Waals surface area contributed by atoms with Crippen molar-refractivity contribution in [2.45, 2.75) is 45.2 Å². The van der Waals surface area contributed by atoms with Crippen LogP contribution in [0.5, 0.6) is 5.75 Å². The molecule has 1 saturated heterocycles. The van der Waals surface area contributed by atoms with E-state index in [1.807, 2.05) is 24.3 Å². The zero-order valence-electron chi connectivity index (χ0n) is 12.7. The molecule has 1 aliphatic heterocycles. The summed E-state index contributed by atoms with van der Waals surface area (Å²) in [4.78, 5) is 11.9. The molecule has 2 rings (SSSR count). The van der Waals surface area contributed by atoms with Crippen molar-refractivity contribution in [3.05, 3.63) is 29.8 Å². The summed E-state index contributed by atoms with van der Waals surface area (Å²) >= 11 is 0. The predicted molar refractivity (Wildman–Crippen MR) is 87.2 cm³/mol. The van der Waals surface area contributed by atoms with Gasteiger partial charge in [-0.25, -0.2) is 0 Å². The lowest BCUT2D eigenvalue weighted by Crippen LogP contribution is -2.47. The molecule has 1 aliphatic rings. The van der Waals surface area contributed by atoms with Crippen molar-refractivity contribution < 1.29 is 9.53 Å². The first-order chi connectivity index (χ1) is 9.69. The number of halogens is 1. The number of carbonyl (C=O) groups excluding carboxylic acids is 1. The van der Waals surface area contributed by atoms with Gasteiger partial charge in [0.15, 0.2) is 6.61 Å². The van der Waals surface area contributed by atoms with E-state index in [0.29, 0.717) is 6.04 Å². The Morgan fingerprint density at radius 1 is 1.43 bits per heavy atom. The summed E-state index contributed by atoms with van der Waals surface area (Å²) in [6, 6.07) is 8.60. The van der Waals surface area contributed by atoms with Crippen LogP contribution in [0.1, 0.15) is 32.3 Å². The van der Waals surface area contributed by atoms with Crippen molar-refractivity contribution in [2.24, 2.45) is 0 Å². The van der Waals surface area contributed by atoms with E-state index in [4.69, 9.17) is 4.74 Å². The molecule has 0 spiro atoms. The minimum atomic E-state index is -0.0324. The number of amides is 1. The summed E-state index contributed by atoms with van der Waals surface area (Å²) in [5, 5.41) is 6.43. The van der Waals surface area contributed by atoms with Gasteiger partial charge in [-0.2, -0.15) is 0 Å². The first-order valence-electron chi connectivity index (χ1n) is 7.42. The lowest BCUT2D eigenvalue weighted by molar-refractivity contribution is -0.124. The number of nitrogens with one attached hydrogen (secondary N) is 2. The highest BCUT2D eigenvalue weighted by atomic mass is 35.5. The molecule has 2 atom stereocenters. The fraction of sp³-hybridized carbons (Fsp3) is 0.562. The van der Waals surface area contributed by atoms with Crippen LogP contribution in [-0.2, 0) is 11.2 Å². The second kappa shape index (κ2) is 8.90. The van der Waals surface area contributed by atoms with Crippen molar-refractivity contribution in [2.75, 3.05) is 13.2 Å². The minimum Gasteiger partial charge on any atom is -0.483 e. The number of piperidine rings is 1. The molecule has 0 aliphatic carbocycles. The highest BCUT2D eigenvalue weighted by Crippen LogP contribution is 2.18. The van der Waals surface area contributed by atoms with Crippen LogP contribution < -0.4 is 15.4 Å². The zero-order chi connectivity index (χ0) is 14.4. The molecule has 0 bridgehead atoms. The van der Waals surface area contributed by atoms with Crippen molar-refractivity contribution in [3.8, 4) is 5.75 Å². The van der Waals surface area contributed by atoms with Crippen molar-refractivity contribution >= 4 is 18.3 Å². The van der Waals surface area contributed by atoms with Crippen molar-refractivity contribution in [1.29, 1.82) is 0 Å². The Balaban J connectivity index is 0.00000220. The van der Waals surface area contributed by atoms with Crippen LogP contribution in [0, 0.1) is 0 Å². The van der Waals surface area contributed by atoms with E-state index in [0.717, 1.165) is 37.1 Å². The number of hydrogen-bond acceptors (Lipinski definition) is 3. The van der Waals surface area contributed by atoms with E-state index in [2.05, 4.69) is 24.5 Å². The Bertz CT molecular complexity index is 454. The largest absolute Gasteiger partial charge is 0.483 e. The number of carbonyl (C=O) groups is 1. The van der Waals surface area contributed by atoms with Crippen LogP contribution in [0.4, 0.5) is 0 Å². The van der Waals surface area contributed by atoms with Gasteiger partial charge in [-0.1, -0.05) is 25.1 Å². The van der Waals surface area contributed by atoms with Gasteiger partial charge < -0.3 is 15.4 Å². The fourth-order valence-electron chi connectivity index (χ4n) is 2.61. The van der Waals surface area contributed by atoms with Gasteiger partial charge in [0.05, 0.1) is 0 Å². The van der Waals surface area contributed by atoms with Gasteiger partial charge in [0.2, 0.25) is 0 Å². The molecule has 5 heteroatoms.